The topological polar surface area (TPSA) is 88.7 Å². The second-order valence-corrected chi connectivity index (χ2v) is 8.60. The lowest BCUT2D eigenvalue weighted by Crippen LogP contribution is -2.34. The zero-order chi connectivity index (χ0) is 26.6. The Morgan fingerprint density at radius 2 is 1.16 bits per heavy atom. The van der Waals surface area contributed by atoms with E-state index < -0.39 is 0 Å². The molecule has 0 unspecified atom stereocenters. The molecule has 2 amide bonds. The molecule has 8 heteroatoms. The van der Waals surface area contributed by atoms with E-state index in [0.29, 0.717) is 42.3 Å². The molecule has 0 fully saturated rings. The fourth-order valence-corrected chi connectivity index (χ4v) is 3.67. The molecule has 192 valence electrons. The molecule has 0 atom stereocenters. The van der Waals surface area contributed by atoms with Crippen molar-refractivity contribution >= 4 is 34.8 Å². The number of carbonyl (C=O) groups is 2. The van der Waals surface area contributed by atoms with Crippen molar-refractivity contribution in [2.75, 3.05) is 18.5 Å². The summed E-state index contributed by atoms with van der Waals surface area (Å²) in [5, 5.41) is 8.64. The molecule has 0 aliphatic heterocycles. The van der Waals surface area contributed by atoms with Gasteiger partial charge in [-0.1, -0.05) is 48.5 Å². The fourth-order valence-electron chi connectivity index (χ4n) is 3.46. The van der Waals surface area contributed by atoms with E-state index in [9.17, 15) is 9.59 Å². The molecule has 3 N–H and O–H groups in total. The van der Waals surface area contributed by atoms with Gasteiger partial charge in [0.15, 0.2) is 5.11 Å². The maximum atomic E-state index is 12.6. The van der Waals surface area contributed by atoms with Crippen molar-refractivity contribution in [2.45, 2.75) is 6.54 Å². The highest BCUT2D eigenvalue weighted by atomic mass is 32.1. The van der Waals surface area contributed by atoms with Crippen LogP contribution in [-0.4, -0.2) is 30.1 Å². The second-order valence-electron chi connectivity index (χ2n) is 8.19. The monoisotopic (exact) mass is 525 g/mol. The average Bonchev–Trinajstić information content (AvgIpc) is 2.96. The summed E-state index contributed by atoms with van der Waals surface area (Å²) in [4.78, 5) is 24.9. The van der Waals surface area contributed by atoms with Crippen LogP contribution in [0.4, 0.5) is 5.69 Å². The van der Waals surface area contributed by atoms with Crippen LogP contribution < -0.4 is 25.4 Å². The molecule has 0 aliphatic rings. The van der Waals surface area contributed by atoms with Gasteiger partial charge in [-0.25, -0.2) is 0 Å². The normalized spacial score (nSPS) is 10.2. The number of nitrogens with one attached hydrogen (secondary N) is 3. The van der Waals surface area contributed by atoms with Crippen molar-refractivity contribution in [3.8, 4) is 11.5 Å². The third-order valence-corrected chi connectivity index (χ3v) is 5.61. The largest absolute Gasteiger partial charge is 0.490 e. The molecule has 0 bridgehead atoms. The van der Waals surface area contributed by atoms with Crippen LogP contribution in [0.1, 0.15) is 26.3 Å². The molecule has 0 spiro atoms. The SMILES string of the molecule is O=C(NCc1ccccc1)c1ccc(NC(=S)NC(=O)c2ccc(OCCOc3ccccc3)cc2)cc1. The van der Waals surface area contributed by atoms with Gasteiger partial charge in [0.2, 0.25) is 0 Å². The Hall–Kier alpha value is -4.69. The van der Waals surface area contributed by atoms with E-state index in [-0.39, 0.29) is 16.9 Å². The predicted molar refractivity (Wildman–Crippen MR) is 152 cm³/mol. The highest BCUT2D eigenvalue weighted by molar-refractivity contribution is 7.80. The number of amides is 2. The second kappa shape index (κ2) is 13.6. The zero-order valence-electron chi connectivity index (χ0n) is 20.6. The van der Waals surface area contributed by atoms with E-state index in [2.05, 4.69) is 16.0 Å². The number of rotatable bonds is 10. The summed E-state index contributed by atoms with van der Waals surface area (Å²) in [6.07, 6.45) is 0. The summed E-state index contributed by atoms with van der Waals surface area (Å²) < 4.78 is 11.3. The Morgan fingerprint density at radius 3 is 1.79 bits per heavy atom. The molecule has 0 aliphatic carbocycles. The first-order valence-electron chi connectivity index (χ1n) is 12.0. The molecular formula is C30H27N3O4S. The molecule has 0 saturated carbocycles. The summed E-state index contributed by atoms with van der Waals surface area (Å²) in [7, 11) is 0. The molecule has 7 nitrogen and oxygen atoms in total. The molecule has 0 radical (unpaired) electrons. The zero-order valence-corrected chi connectivity index (χ0v) is 21.4. The van der Waals surface area contributed by atoms with Crippen LogP contribution >= 0.6 is 12.2 Å². The van der Waals surface area contributed by atoms with Crippen LogP contribution in [0.5, 0.6) is 11.5 Å². The number of carbonyl (C=O) groups excluding carboxylic acids is 2. The number of thiocarbonyl (C=S) groups is 1. The average molecular weight is 526 g/mol. The summed E-state index contributed by atoms with van der Waals surface area (Å²) in [6.45, 7) is 1.24. The molecule has 4 aromatic carbocycles. The Kier molecular flexibility index (Phi) is 9.42. The summed E-state index contributed by atoms with van der Waals surface area (Å²) in [5.41, 5.74) is 2.63. The van der Waals surface area contributed by atoms with Crippen molar-refractivity contribution < 1.29 is 19.1 Å². The van der Waals surface area contributed by atoms with E-state index in [1.807, 2.05) is 60.7 Å². The maximum Gasteiger partial charge on any atom is 0.257 e. The minimum absolute atomic E-state index is 0.148. The minimum atomic E-state index is -0.349. The highest BCUT2D eigenvalue weighted by Gasteiger charge is 2.10. The van der Waals surface area contributed by atoms with Crippen molar-refractivity contribution in [3.63, 3.8) is 0 Å². The molecule has 0 aromatic heterocycles. The first-order valence-corrected chi connectivity index (χ1v) is 12.4. The van der Waals surface area contributed by atoms with Gasteiger partial charge >= 0.3 is 0 Å². The van der Waals surface area contributed by atoms with Crippen LogP contribution in [0.25, 0.3) is 0 Å². The highest BCUT2D eigenvalue weighted by Crippen LogP contribution is 2.14. The van der Waals surface area contributed by atoms with E-state index in [4.69, 9.17) is 21.7 Å². The lowest BCUT2D eigenvalue weighted by molar-refractivity contribution is 0.0948. The van der Waals surface area contributed by atoms with Crippen molar-refractivity contribution in [3.05, 3.63) is 126 Å². The quantitative estimate of drug-likeness (QED) is 0.195. The first-order chi connectivity index (χ1) is 18.6. The Bertz CT molecular complexity index is 1350. The van der Waals surface area contributed by atoms with Gasteiger partial charge in [-0.05, 0) is 78.4 Å². The lowest BCUT2D eigenvalue weighted by atomic mass is 10.1. The van der Waals surface area contributed by atoms with E-state index in [0.717, 1.165) is 11.3 Å². The molecule has 0 heterocycles. The van der Waals surface area contributed by atoms with Crippen molar-refractivity contribution in [1.82, 2.24) is 10.6 Å². The number of para-hydroxylation sites is 1. The molecule has 38 heavy (non-hydrogen) atoms. The Balaban J connectivity index is 1.19. The number of benzene rings is 4. The Labute approximate surface area is 226 Å². The lowest BCUT2D eigenvalue weighted by Gasteiger charge is -2.11. The summed E-state index contributed by atoms with van der Waals surface area (Å²) in [6, 6.07) is 32.8. The third-order valence-electron chi connectivity index (χ3n) is 5.41. The first kappa shape index (κ1) is 26.4. The maximum absolute atomic E-state index is 12.6. The molecule has 0 saturated heterocycles. The van der Waals surface area contributed by atoms with Crippen LogP contribution in [0.15, 0.2) is 109 Å². The molecule has 4 rings (SSSR count). The van der Waals surface area contributed by atoms with E-state index in [1.54, 1.807) is 48.5 Å². The fraction of sp³-hybridized carbons (Fsp3) is 0.100. The van der Waals surface area contributed by atoms with Gasteiger partial charge in [-0.2, -0.15) is 0 Å². The van der Waals surface area contributed by atoms with Gasteiger partial charge in [-0.3, -0.25) is 14.9 Å². The summed E-state index contributed by atoms with van der Waals surface area (Å²) >= 11 is 5.27. The molecular weight excluding hydrogens is 498 g/mol. The van der Waals surface area contributed by atoms with Gasteiger partial charge in [0.05, 0.1) is 0 Å². The number of anilines is 1. The van der Waals surface area contributed by atoms with Gasteiger partial charge in [0.1, 0.15) is 24.7 Å². The van der Waals surface area contributed by atoms with Gasteiger partial charge in [-0.15, -0.1) is 0 Å². The Morgan fingerprint density at radius 1 is 0.632 bits per heavy atom. The predicted octanol–water partition coefficient (Wildman–Crippen LogP) is 5.20. The smallest absolute Gasteiger partial charge is 0.257 e. The standard InChI is InChI=1S/C30H27N3O4S/c34-28(31-21-22-7-3-1-4-8-22)23-11-15-25(16-12-23)32-30(38)33-29(35)24-13-17-27(18-14-24)37-20-19-36-26-9-5-2-6-10-26/h1-18H,19-21H2,(H,31,34)(H2,32,33,35,38). The third kappa shape index (κ3) is 8.18. The number of hydrogen-bond donors (Lipinski definition) is 3. The van der Waals surface area contributed by atoms with Crippen LogP contribution in [0.2, 0.25) is 0 Å². The van der Waals surface area contributed by atoms with Gasteiger partial charge in [0.25, 0.3) is 11.8 Å². The van der Waals surface area contributed by atoms with Crippen LogP contribution in [-0.2, 0) is 6.54 Å². The van der Waals surface area contributed by atoms with Gasteiger partial charge < -0.3 is 20.1 Å². The van der Waals surface area contributed by atoms with Crippen molar-refractivity contribution in [1.29, 1.82) is 0 Å². The summed E-state index contributed by atoms with van der Waals surface area (Å²) in [5.74, 6) is 0.894. The van der Waals surface area contributed by atoms with Gasteiger partial charge in [0, 0.05) is 23.4 Å². The molecule has 4 aromatic rings. The van der Waals surface area contributed by atoms with E-state index >= 15 is 0 Å². The number of hydrogen-bond acceptors (Lipinski definition) is 5. The minimum Gasteiger partial charge on any atom is -0.490 e. The van der Waals surface area contributed by atoms with Crippen LogP contribution in [0, 0.1) is 0 Å². The number of ether oxygens (including phenoxy) is 2. The van der Waals surface area contributed by atoms with Crippen LogP contribution in [0.3, 0.4) is 0 Å². The van der Waals surface area contributed by atoms with Crippen molar-refractivity contribution in [2.24, 2.45) is 0 Å². The van der Waals surface area contributed by atoms with E-state index in [1.165, 1.54) is 0 Å².